The van der Waals surface area contributed by atoms with Crippen LogP contribution in [-0.4, -0.2) is 5.91 Å². The van der Waals surface area contributed by atoms with E-state index in [1.165, 1.54) is 6.07 Å². The van der Waals surface area contributed by atoms with Crippen LogP contribution in [0, 0.1) is 19.7 Å². The first-order chi connectivity index (χ1) is 9.52. The average Bonchev–Trinajstić information content (AvgIpc) is 2.44. The van der Waals surface area contributed by atoms with E-state index in [0.29, 0.717) is 11.1 Å². The van der Waals surface area contributed by atoms with Crippen LogP contribution in [0.3, 0.4) is 0 Å². The summed E-state index contributed by atoms with van der Waals surface area (Å²) in [6.45, 7) is 5.66. The zero-order valence-corrected chi connectivity index (χ0v) is 12.0. The Bertz CT molecular complexity index is 649. The standard InChI is InChI=1S/C17H18FNO/c1-4-13-7-5-6-12(3)16(13)19-17(20)14-9-8-11(2)15(18)10-14/h5-10H,4H2,1-3H3,(H,19,20). The second-order valence-corrected chi connectivity index (χ2v) is 4.88. The molecule has 0 atom stereocenters. The van der Waals surface area contributed by atoms with Crippen molar-refractivity contribution in [3.05, 3.63) is 64.5 Å². The number of aryl methyl sites for hydroxylation is 3. The Kier molecular flexibility index (Phi) is 4.18. The van der Waals surface area contributed by atoms with Crippen LogP contribution >= 0.6 is 0 Å². The third kappa shape index (κ3) is 2.87. The molecule has 0 unspecified atom stereocenters. The van der Waals surface area contributed by atoms with Crippen molar-refractivity contribution in [2.75, 3.05) is 5.32 Å². The minimum absolute atomic E-state index is 0.284. The van der Waals surface area contributed by atoms with Crippen LogP contribution in [0.5, 0.6) is 0 Å². The molecular formula is C17H18FNO. The van der Waals surface area contributed by atoms with Crippen LogP contribution < -0.4 is 5.32 Å². The molecule has 20 heavy (non-hydrogen) atoms. The quantitative estimate of drug-likeness (QED) is 0.888. The van der Waals surface area contributed by atoms with E-state index in [0.717, 1.165) is 23.2 Å². The van der Waals surface area contributed by atoms with Crippen LogP contribution in [0.1, 0.15) is 34.0 Å². The predicted octanol–water partition coefficient (Wildman–Crippen LogP) is 4.26. The molecule has 2 rings (SSSR count). The van der Waals surface area contributed by atoms with Crippen LogP contribution in [0.15, 0.2) is 36.4 Å². The molecule has 1 N–H and O–H groups in total. The number of carbonyl (C=O) groups excluding carboxylic acids is 1. The van der Waals surface area contributed by atoms with Gasteiger partial charge in [-0.15, -0.1) is 0 Å². The Labute approximate surface area is 118 Å². The zero-order chi connectivity index (χ0) is 14.7. The summed E-state index contributed by atoms with van der Waals surface area (Å²) in [6, 6.07) is 10.4. The average molecular weight is 271 g/mol. The highest BCUT2D eigenvalue weighted by molar-refractivity contribution is 6.05. The molecule has 0 bridgehead atoms. The number of anilines is 1. The molecule has 104 valence electrons. The number of hydrogen-bond acceptors (Lipinski definition) is 1. The number of amides is 1. The lowest BCUT2D eigenvalue weighted by Gasteiger charge is -2.13. The van der Waals surface area contributed by atoms with E-state index in [9.17, 15) is 9.18 Å². The topological polar surface area (TPSA) is 29.1 Å². The molecule has 0 aromatic heterocycles. The number of rotatable bonds is 3. The van der Waals surface area contributed by atoms with E-state index in [1.807, 2.05) is 32.0 Å². The molecule has 0 saturated carbocycles. The number of nitrogens with one attached hydrogen (secondary N) is 1. The van der Waals surface area contributed by atoms with Gasteiger partial charge in [0.05, 0.1) is 0 Å². The van der Waals surface area contributed by atoms with Gasteiger partial charge in [-0.05, 0) is 49.1 Å². The Balaban J connectivity index is 2.30. The van der Waals surface area contributed by atoms with Gasteiger partial charge in [0.2, 0.25) is 0 Å². The molecule has 0 saturated heterocycles. The molecule has 0 radical (unpaired) electrons. The van der Waals surface area contributed by atoms with Gasteiger partial charge in [-0.2, -0.15) is 0 Å². The number of halogens is 1. The molecule has 0 aliphatic carbocycles. The SMILES string of the molecule is CCc1cccc(C)c1NC(=O)c1ccc(C)c(F)c1. The lowest BCUT2D eigenvalue weighted by Crippen LogP contribution is -2.14. The molecule has 0 fully saturated rings. The fourth-order valence-electron chi connectivity index (χ4n) is 2.12. The highest BCUT2D eigenvalue weighted by Crippen LogP contribution is 2.22. The van der Waals surface area contributed by atoms with Crippen molar-refractivity contribution in [3.63, 3.8) is 0 Å². The first-order valence-electron chi connectivity index (χ1n) is 6.69. The molecule has 0 aliphatic heterocycles. The summed E-state index contributed by atoms with van der Waals surface area (Å²) in [7, 11) is 0. The second kappa shape index (κ2) is 5.87. The summed E-state index contributed by atoms with van der Waals surface area (Å²) in [5.74, 6) is -0.647. The Morgan fingerprint density at radius 3 is 2.55 bits per heavy atom. The lowest BCUT2D eigenvalue weighted by molar-refractivity contribution is 0.102. The largest absolute Gasteiger partial charge is 0.321 e. The van der Waals surface area contributed by atoms with Gasteiger partial charge in [0.25, 0.3) is 5.91 Å². The number of benzene rings is 2. The van der Waals surface area contributed by atoms with Crippen molar-refractivity contribution < 1.29 is 9.18 Å². The fraction of sp³-hybridized carbons (Fsp3) is 0.235. The number of para-hydroxylation sites is 1. The van der Waals surface area contributed by atoms with E-state index in [-0.39, 0.29) is 11.7 Å². The van der Waals surface area contributed by atoms with Gasteiger partial charge < -0.3 is 5.32 Å². The summed E-state index contributed by atoms with van der Waals surface area (Å²) in [4.78, 5) is 12.2. The van der Waals surface area contributed by atoms with E-state index in [4.69, 9.17) is 0 Å². The van der Waals surface area contributed by atoms with Crippen LogP contribution in [0.25, 0.3) is 0 Å². The maximum absolute atomic E-state index is 13.5. The van der Waals surface area contributed by atoms with Gasteiger partial charge in [0.1, 0.15) is 5.82 Å². The fourth-order valence-corrected chi connectivity index (χ4v) is 2.12. The normalized spacial score (nSPS) is 10.4. The molecule has 3 heteroatoms. The van der Waals surface area contributed by atoms with Gasteiger partial charge >= 0.3 is 0 Å². The lowest BCUT2D eigenvalue weighted by atomic mass is 10.0. The monoisotopic (exact) mass is 271 g/mol. The van der Waals surface area contributed by atoms with E-state index in [2.05, 4.69) is 5.32 Å². The minimum Gasteiger partial charge on any atom is -0.321 e. The van der Waals surface area contributed by atoms with Crippen molar-refractivity contribution in [1.29, 1.82) is 0 Å². The summed E-state index contributed by atoms with van der Waals surface area (Å²) in [5, 5.41) is 2.89. The van der Waals surface area contributed by atoms with E-state index < -0.39 is 0 Å². The zero-order valence-electron chi connectivity index (χ0n) is 12.0. The second-order valence-electron chi connectivity index (χ2n) is 4.88. The van der Waals surface area contributed by atoms with E-state index in [1.54, 1.807) is 19.1 Å². The molecule has 1 amide bonds. The summed E-state index contributed by atoms with van der Waals surface area (Å²) >= 11 is 0. The number of hydrogen-bond donors (Lipinski definition) is 1. The maximum Gasteiger partial charge on any atom is 0.255 e. The van der Waals surface area contributed by atoms with Gasteiger partial charge in [-0.1, -0.05) is 31.2 Å². The van der Waals surface area contributed by atoms with Crippen molar-refractivity contribution in [2.45, 2.75) is 27.2 Å². The number of carbonyl (C=O) groups is 1. The van der Waals surface area contributed by atoms with Gasteiger partial charge in [-0.3, -0.25) is 4.79 Å². The van der Waals surface area contributed by atoms with Crippen LogP contribution in [0.2, 0.25) is 0 Å². The molecular weight excluding hydrogens is 253 g/mol. The first kappa shape index (κ1) is 14.3. The van der Waals surface area contributed by atoms with Gasteiger partial charge in [0, 0.05) is 11.3 Å². The molecule has 2 aromatic rings. The van der Waals surface area contributed by atoms with E-state index >= 15 is 0 Å². The van der Waals surface area contributed by atoms with Crippen molar-refractivity contribution in [3.8, 4) is 0 Å². The Morgan fingerprint density at radius 1 is 1.15 bits per heavy atom. The molecule has 0 heterocycles. The maximum atomic E-state index is 13.5. The molecule has 0 spiro atoms. The molecule has 0 aliphatic rings. The summed E-state index contributed by atoms with van der Waals surface area (Å²) < 4.78 is 13.5. The summed E-state index contributed by atoms with van der Waals surface area (Å²) in [6.07, 6.45) is 0.833. The van der Waals surface area contributed by atoms with Crippen LogP contribution in [0.4, 0.5) is 10.1 Å². The highest BCUT2D eigenvalue weighted by atomic mass is 19.1. The minimum atomic E-state index is -0.363. The Morgan fingerprint density at radius 2 is 1.90 bits per heavy atom. The van der Waals surface area contributed by atoms with Crippen molar-refractivity contribution >= 4 is 11.6 Å². The van der Waals surface area contributed by atoms with Crippen molar-refractivity contribution in [1.82, 2.24) is 0 Å². The molecule has 2 aromatic carbocycles. The molecule has 2 nitrogen and oxygen atoms in total. The van der Waals surface area contributed by atoms with Crippen molar-refractivity contribution in [2.24, 2.45) is 0 Å². The van der Waals surface area contributed by atoms with Gasteiger partial charge in [0.15, 0.2) is 0 Å². The first-order valence-corrected chi connectivity index (χ1v) is 6.69. The van der Waals surface area contributed by atoms with Crippen LogP contribution in [-0.2, 0) is 6.42 Å². The van der Waals surface area contributed by atoms with Gasteiger partial charge in [-0.25, -0.2) is 4.39 Å². The third-order valence-corrected chi connectivity index (χ3v) is 3.41. The third-order valence-electron chi connectivity index (χ3n) is 3.41. The smallest absolute Gasteiger partial charge is 0.255 e. The highest BCUT2D eigenvalue weighted by Gasteiger charge is 2.11. The predicted molar refractivity (Wildman–Crippen MR) is 79.6 cm³/mol. The summed E-state index contributed by atoms with van der Waals surface area (Å²) in [5.41, 5.74) is 3.77. The Hall–Kier alpha value is -2.16.